The van der Waals surface area contributed by atoms with E-state index in [9.17, 15) is 24.0 Å². The molecular formula is C22H25ClN4O10. The molecule has 0 aliphatic carbocycles. The van der Waals surface area contributed by atoms with E-state index < -0.39 is 60.1 Å². The maximum atomic E-state index is 12.5. The molecule has 0 spiro atoms. The van der Waals surface area contributed by atoms with Crippen LogP contribution < -0.4 is 0 Å². The molecule has 1 aliphatic rings. The Kier molecular flexibility index (Phi) is 8.76. The zero-order chi connectivity index (χ0) is 27.4. The van der Waals surface area contributed by atoms with Gasteiger partial charge in [-0.15, -0.1) is 0 Å². The van der Waals surface area contributed by atoms with Crippen molar-refractivity contribution >= 4 is 52.4 Å². The second-order valence-corrected chi connectivity index (χ2v) is 8.35. The summed E-state index contributed by atoms with van der Waals surface area (Å²) in [5.74, 6) is -4.83. The molecule has 0 bridgehead atoms. The van der Waals surface area contributed by atoms with E-state index in [0.717, 1.165) is 13.8 Å². The van der Waals surface area contributed by atoms with Gasteiger partial charge in [0.05, 0.1) is 18.6 Å². The molecule has 1 fully saturated rings. The lowest BCUT2D eigenvalue weighted by Gasteiger charge is -2.23. The van der Waals surface area contributed by atoms with Crippen LogP contribution in [-0.2, 0) is 47.7 Å². The molecule has 37 heavy (non-hydrogen) atoms. The van der Waals surface area contributed by atoms with Crippen molar-refractivity contribution in [3.05, 3.63) is 17.3 Å². The van der Waals surface area contributed by atoms with Gasteiger partial charge in [-0.3, -0.25) is 28.5 Å². The lowest BCUT2D eigenvalue weighted by Crippen LogP contribution is -2.40. The number of carbonyl (C=O) groups is 5. The van der Waals surface area contributed by atoms with Crippen LogP contribution in [0.4, 0.5) is 0 Å². The van der Waals surface area contributed by atoms with Crippen molar-refractivity contribution in [1.82, 2.24) is 19.5 Å². The van der Waals surface area contributed by atoms with Crippen LogP contribution in [0.3, 0.4) is 0 Å². The van der Waals surface area contributed by atoms with E-state index in [4.69, 9.17) is 35.3 Å². The average molecular weight is 541 g/mol. The highest BCUT2D eigenvalue weighted by Crippen LogP contribution is 2.37. The lowest BCUT2D eigenvalue weighted by atomic mass is 10.0. The zero-order valence-corrected chi connectivity index (χ0v) is 21.4. The summed E-state index contributed by atoms with van der Waals surface area (Å²) in [6, 6.07) is 0. The Bertz CT molecular complexity index is 1230. The van der Waals surface area contributed by atoms with Gasteiger partial charge in [-0.25, -0.2) is 9.97 Å². The summed E-state index contributed by atoms with van der Waals surface area (Å²) in [7, 11) is 0. The van der Waals surface area contributed by atoms with E-state index in [2.05, 4.69) is 15.0 Å². The highest BCUT2D eigenvalue weighted by Gasteiger charge is 2.51. The third-order valence-corrected chi connectivity index (χ3v) is 5.41. The van der Waals surface area contributed by atoms with Crippen LogP contribution in [0.2, 0.25) is 5.28 Å². The smallest absolute Gasteiger partial charge is 0.322 e. The molecule has 0 N–H and O–H groups in total. The number of imidazole rings is 1. The zero-order valence-electron chi connectivity index (χ0n) is 20.6. The Morgan fingerprint density at radius 1 is 1.00 bits per heavy atom. The minimum Gasteiger partial charge on any atom is -0.465 e. The van der Waals surface area contributed by atoms with Gasteiger partial charge in [-0.1, -0.05) is 0 Å². The molecule has 5 atom stereocenters. The molecule has 1 unspecified atom stereocenters. The van der Waals surface area contributed by atoms with E-state index in [1.54, 1.807) is 6.92 Å². The molecule has 14 nitrogen and oxygen atoms in total. The summed E-state index contributed by atoms with van der Waals surface area (Å²) in [6.07, 6.45) is -3.34. The third-order valence-electron chi connectivity index (χ3n) is 5.24. The SMILES string of the molecule is CCOC(=O)C(C(C)=O)c1nc(Cl)nc2c1ncn2[C@@H]1O[C@H](COC(C)=O)[C@@H](OC(C)=O)[C@H]1OC(C)=O. The standard InChI is InChI=1S/C22H25ClN4O10/c1-6-33-21(32)14(9(2)28)15-16-19(26-22(23)25-15)27(8-24-16)20-18(36-12(5)31)17(35-11(4)30)13(37-20)7-34-10(3)29/h8,13-14,17-18,20H,6-7H2,1-5H3/t13-,14?,17-,18-,20-/m1/s1. The number of aromatic nitrogens is 4. The van der Waals surface area contributed by atoms with Gasteiger partial charge >= 0.3 is 23.9 Å². The Morgan fingerprint density at radius 3 is 2.22 bits per heavy atom. The molecule has 15 heteroatoms. The summed E-state index contributed by atoms with van der Waals surface area (Å²) in [5, 5.41) is -0.310. The largest absolute Gasteiger partial charge is 0.465 e. The summed E-state index contributed by atoms with van der Waals surface area (Å²) >= 11 is 6.14. The number of rotatable bonds is 9. The molecule has 2 aromatic heterocycles. The molecular weight excluding hydrogens is 516 g/mol. The van der Waals surface area contributed by atoms with E-state index in [1.165, 1.54) is 24.7 Å². The predicted molar refractivity (Wildman–Crippen MR) is 122 cm³/mol. The number of halogens is 1. The van der Waals surface area contributed by atoms with Crippen molar-refractivity contribution in [2.24, 2.45) is 0 Å². The van der Waals surface area contributed by atoms with Crippen molar-refractivity contribution in [1.29, 1.82) is 0 Å². The average Bonchev–Trinajstić information content (AvgIpc) is 3.33. The molecule has 3 rings (SSSR count). The fourth-order valence-corrected chi connectivity index (χ4v) is 4.08. The fraction of sp³-hybridized carbons (Fsp3) is 0.545. The van der Waals surface area contributed by atoms with E-state index >= 15 is 0 Å². The van der Waals surface area contributed by atoms with Crippen molar-refractivity contribution in [3.63, 3.8) is 0 Å². The number of esters is 4. The Morgan fingerprint density at radius 2 is 1.65 bits per heavy atom. The van der Waals surface area contributed by atoms with E-state index in [0.29, 0.717) is 0 Å². The maximum absolute atomic E-state index is 12.5. The van der Waals surface area contributed by atoms with Gasteiger partial charge in [-0.2, -0.15) is 4.98 Å². The number of ether oxygens (including phenoxy) is 5. The number of ketones is 1. The first-order valence-electron chi connectivity index (χ1n) is 11.1. The monoisotopic (exact) mass is 540 g/mol. The first-order chi connectivity index (χ1) is 17.4. The Balaban J connectivity index is 2.13. The number of hydrogen-bond donors (Lipinski definition) is 0. The number of Topliss-reactive ketones (excluding diaryl/α,β-unsaturated/α-hetero) is 1. The van der Waals surface area contributed by atoms with Crippen LogP contribution in [0.5, 0.6) is 0 Å². The molecule has 0 saturated carbocycles. The topological polar surface area (TPSA) is 175 Å². The van der Waals surface area contributed by atoms with E-state index in [-0.39, 0.29) is 35.4 Å². The molecule has 0 amide bonds. The molecule has 2 aromatic rings. The molecule has 3 heterocycles. The van der Waals surface area contributed by atoms with Crippen LogP contribution in [0.15, 0.2) is 6.33 Å². The van der Waals surface area contributed by atoms with Gasteiger partial charge in [0.1, 0.15) is 24.0 Å². The summed E-state index contributed by atoms with van der Waals surface area (Å²) < 4.78 is 28.2. The fourth-order valence-electron chi connectivity index (χ4n) is 3.91. The third kappa shape index (κ3) is 6.20. The highest BCUT2D eigenvalue weighted by atomic mass is 35.5. The minimum atomic E-state index is -1.43. The van der Waals surface area contributed by atoms with Crippen molar-refractivity contribution in [3.8, 4) is 0 Å². The normalized spacial score (nSPS) is 21.8. The van der Waals surface area contributed by atoms with Crippen molar-refractivity contribution < 1.29 is 47.7 Å². The van der Waals surface area contributed by atoms with Crippen LogP contribution in [0.25, 0.3) is 11.2 Å². The summed E-state index contributed by atoms with van der Waals surface area (Å²) in [6.45, 7) is 6.00. The lowest BCUT2D eigenvalue weighted by molar-refractivity contribution is -0.166. The summed E-state index contributed by atoms with van der Waals surface area (Å²) in [4.78, 5) is 72.5. The molecule has 0 aromatic carbocycles. The number of nitrogens with zero attached hydrogens (tertiary/aromatic N) is 4. The second-order valence-electron chi connectivity index (χ2n) is 8.01. The van der Waals surface area contributed by atoms with Gasteiger partial charge < -0.3 is 23.7 Å². The van der Waals surface area contributed by atoms with Crippen LogP contribution >= 0.6 is 11.6 Å². The van der Waals surface area contributed by atoms with E-state index in [1.807, 2.05) is 0 Å². The molecule has 1 saturated heterocycles. The van der Waals surface area contributed by atoms with Crippen molar-refractivity contribution in [2.75, 3.05) is 13.2 Å². The minimum absolute atomic E-state index is 0.0280. The van der Waals surface area contributed by atoms with Gasteiger partial charge in [0.25, 0.3) is 0 Å². The first-order valence-corrected chi connectivity index (χ1v) is 11.5. The van der Waals surface area contributed by atoms with Gasteiger partial charge in [0.2, 0.25) is 5.28 Å². The van der Waals surface area contributed by atoms with Gasteiger partial charge in [0, 0.05) is 20.8 Å². The highest BCUT2D eigenvalue weighted by molar-refractivity contribution is 6.28. The number of carbonyl (C=O) groups excluding carboxylic acids is 5. The predicted octanol–water partition coefficient (Wildman–Crippen LogP) is 1.04. The molecule has 0 radical (unpaired) electrons. The van der Waals surface area contributed by atoms with Crippen LogP contribution in [0.1, 0.15) is 52.5 Å². The Labute approximate surface area is 215 Å². The Hall–Kier alpha value is -3.65. The number of fused-ring (bicyclic) bond motifs is 1. The van der Waals surface area contributed by atoms with Crippen LogP contribution in [0, 0.1) is 0 Å². The first kappa shape index (κ1) is 27.9. The quantitative estimate of drug-likeness (QED) is 0.191. The van der Waals surface area contributed by atoms with Crippen LogP contribution in [-0.4, -0.2) is 80.7 Å². The summed E-state index contributed by atoms with van der Waals surface area (Å²) in [5.41, 5.74) is -0.0209. The van der Waals surface area contributed by atoms with Gasteiger partial charge in [0.15, 0.2) is 30.0 Å². The maximum Gasteiger partial charge on any atom is 0.322 e. The second kappa shape index (κ2) is 11.6. The molecule has 1 aliphatic heterocycles. The van der Waals surface area contributed by atoms with Gasteiger partial charge in [-0.05, 0) is 25.4 Å². The van der Waals surface area contributed by atoms with Crippen molar-refractivity contribution in [2.45, 2.75) is 65.1 Å². The number of hydrogen-bond acceptors (Lipinski definition) is 13. The molecule has 200 valence electrons.